The maximum absolute atomic E-state index is 13.1. The van der Waals surface area contributed by atoms with E-state index < -0.39 is 28.1 Å². The van der Waals surface area contributed by atoms with Gasteiger partial charge in [-0.05, 0) is 23.8 Å². The van der Waals surface area contributed by atoms with Gasteiger partial charge in [0.05, 0.1) is 24.6 Å². The van der Waals surface area contributed by atoms with E-state index in [4.69, 9.17) is 4.74 Å². The Morgan fingerprint density at radius 2 is 1.66 bits per heavy atom. The largest absolute Gasteiger partial charge is 0.467 e. The van der Waals surface area contributed by atoms with Crippen molar-refractivity contribution >= 4 is 33.0 Å². The summed E-state index contributed by atoms with van der Waals surface area (Å²) in [5.74, 6) is -0.668. The number of carbonyl (C=O) groups excluding carboxylic acids is 2. The molecule has 1 heterocycles. The predicted molar refractivity (Wildman–Crippen MR) is 106 cm³/mol. The number of amides is 1. The van der Waals surface area contributed by atoms with Crippen molar-refractivity contribution in [1.29, 1.82) is 0 Å². The van der Waals surface area contributed by atoms with Gasteiger partial charge < -0.3 is 14.8 Å². The molecule has 0 fully saturated rings. The molecule has 8 nitrogen and oxygen atoms in total. The number of benzene rings is 2. The molecule has 0 bridgehead atoms. The molecule has 3 aromatic rings. The number of nitrogens with one attached hydrogen (secondary N) is 1. The van der Waals surface area contributed by atoms with Gasteiger partial charge in [0, 0.05) is 18.0 Å². The van der Waals surface area contributed by atoms with Crippen LogP contribution < -0.4 is 5.32 Å². The molecular weight excluding hydrogens is 396 g/mol. The highest BCUT2D eigenvalue weighted by Gasteiger charge is 2.26. The molecule has 29 heavy (non-hydrogen) atoms. The summed E-state index contributed by atoms with van der Waals surface area (Å²) in [6.07, 6.45) is 0.697. The van der Waals surface area contributed by atoms with E-state index in [1.807, 2.05) is 0 Å². The summed E-state index contributed by atoms with van der Waals surface area (Å²) in [6, 6.07) is 14.0. The van der Waals surface area contributed by atoms with Gasteiger partial charge in [-0.15, -0.1) is 0 Å². The normalized spacial score (nSPS) is 12.3. The number of esters is 1. The van der Waals surface area contributed by atoms with Crippen molar-refractivity contribution in [2.24, 2.45) is 0 Å². The first-order valence-electron chi connectivity index (χ1n) is 8.70. The summed E-state index contributed by atoms with van der Waals surface area (Å²) in [7, 11) is -1.46. The molecule has 0 spiro atoms. The maximum atomic E-state index is 13.1. The van der Waals surface area contributed by atoms with E-state index >= 15 is 0 Å². The van der Waals surface area contributed by atoms with Crippen LogP contribution in [0.2, 0.25) is 0 Å². The lowest BCUT2D eigenvalue weighted by Crippen LogP contribution is -2.43. The number of methoxy groups -OCH3 is 2. The fraction of sp³-hybridized carbons (Fsp3) is 0.200. The smallest absolute Gasteiger partial charge is 0.407 e. The Morgan fingerprint density at radius 3 is 2.31 bits per heavy atom. The minimum atomic E-state index is -3.85. The van der Waals surface area contributed by atoms with E-state index in [9.17, 15) is 18.0 Å². The lowest BCUT2D eigenvalue weighted by atomic mass is 10.1. The summed E-state index contributed by atoms with van der Waals surface area (Å²) < 4.78 is 36.8. The molecule has 0 saturated carbocycles. The van der Waals surface area contributed by atoms with Crippen LogP contribution in [0.3, 0.4) is 0 Å². The van der Waals surface area contributed by atoms with Gasteiger partial charge in [-0.25, -0.2) is 22.0 Å². The number of para-hydroxylation sites is 1. The third-order valence-corrected chi connectivity index (χ3v) is 6.14. The summed E-state index contributed by atoms with van der Waals surface area (Å²) >= 11 is 0. The molecule has 1 amide bonds. The van der Waals surface area contributed by atoms with Crippen LogP contribution in [-0.4, -0.2) is 44.7 Å². The number of aromatic nitrogens is 1. The first-order chi connectivity index (χ1) is 13.9. The van der Waals surface area contributed by atoms with Gasteiger partial charge in [0.1, 0.15) is 6.04 Å². The van der Waals surface area contributed by atoms with Crippen LogP contribution in [0.4, 0.5) is 4.79 Å². The van der Waals surface area contributed by atoms with E-state index in [0.717, 1.165) is 0 Å². The summed E-state index contributed by atoms with van der Waals surface area (Å²) in [5.41, 5.74) is 1.03. The first-order valence-corrected chi connectivity index (χ1v) is 10.1. The molecule has 9 heteroatoms. The average Bonchev–Trinajstić information content (AvgIpc) is 3.12. The van der Waals surface area contributed by atoms with E-state index in [0.29, 0.717) is 16.5 Å². The Balaban J connectivity index is 2.08. The number of fused-ring (bicyclic) bond motifs is 1. The Morgan fingerprint density at radius 1 is 1.00 bits per heavy atom. The summed E-state index contributed by atoms with van der Waals surface area (Å²) in [6.45, 7) is 0. The topological polar surface area (TPSA) is 104 Å². The van der Waals surface area contributed by atoms with Crippen LogP contribution in [0, 0.1) is 0 Å². The Hall–Kier alpha value is -3.33. The van der Waals surface area contributed by atoms with Crippen LogP contribution in [0.25, 0.3) is 10.9 Å². The molecule has 1 atom stereocenters. The zero-order valence-corrected chi connectivity index (χ0v) is 16.7. The lowest BCUT2D eigenvalue weighted by Gasteiger charge is -2.15. The second-order valence-corrected chi connectivity index (χ2v) is 8.02. The number of rotatable bonds is 6. The maximum Gasteiger partial charge on any atom is 0.407 e. The highest BCUT2D eigenvalue weighted by Crippen LogP contribution is 2.27. The van der Waals surface area contributed by atoms with Crippen LogP contribution in [-0.2, 0) is 30.7 Å². The molecule has 0 aliphatic heterocycles. The quantitative estimate of drug-likeness (QED) is 0.619. The van der Waals surface area contributed by atoms with Gasteiger partial charge in [-0.2, -0.15) is 0 Å². The molecule has 1 N–H and O–H groups in total. The van der Waals surface area contributed by atoms with Gasteiger partial charge in [0.15, 0.2) is 0 Å². The fourth-order valence-electron chi connectivity index (χ4n) is 3.04. The Kier molecular flexibility index (Phi) is 5.88. The molecule has 1 aromatic heterocycles. The molecule has 2 aromatic carbocycles. The second-order valence-electron chi connectivity index (χ2n) is 6.20. The van der Waals surface area contributed by atoms with Crippen molar-refractivity contribution < 1.29 is 27.5 Å². The molecule has 0 aliphatic rings. The van der Waals surface area contributed by atoms with Gasteiger partial charge in [-0.1, -0.05) is 36.4 Å². The highest BCUT2D eigenvalue weighted by molar-refractivity contribution is 7.90. The first kappa shape index (κ1) is 20.4. The van der Waals surface area contributed by atoms with Crippen molar-refractivity contribution in [3.63, 3.8) is 0 Å². The zero-order valence-electron chi connectivity index (χ0n) is 15.9. The van der Waals surface area contributed by atoms with Crippen molar-refractivity contribution in [2.45, 2.75) is 17.4 Å². The summed E-state index contributed by atoms with van der Waals surface area (Å²) in [5, 5.41) is 3.06. The molecule has 0 saturated heterocycles. The van der Waals surface area contributed by atoms with Gasteiger partial charge >= 0.3 is 12.1 Å². The second kappa shape index (κ2) is 8.36. The Bertz CT molecular complexity index is 1140. The van der Waals surface area contributed by atoms with E-state index in [-0.39, 0.29) is 11.3 Å². The van der Waals surface area contributed by atoms with E-state index in [1.54, 1.807) is 42.5 Å². The summed E-state index contributed by atoms with van der Waals surface area (Å²) in [4.78, 5) is 23.9. The molecule has 3 rings (SSSR count). The Labute approximate surface area is 168 Å². The highest BCUT2D eigenvalue weighted by atomic mass is 32.2. The van der Waals surface area contributed by atoms with Gasteiger partial charge in [-0.3, -0.25) is 0 Å². The fourth-order valence-corrected chi connectivity index (χ4v) is 4.45. The van der Waals surface area contributed by atoms with E-state index in [2.05, 4.69) is 10.1 Å². The van der Waals surface area contributed by atoms with Crippen molar-refractivity contribution in [3.05, 3.63) is 66.4 Å². The number of alkyl carbamates (subject to hydrolysis) is 1. The van der Waals surface area contributed by atoms with E-state index in [1.165, 1.54) is 36.5 Å². The van der Waals surface area contributed by atoms with Gasteiger partial charge in [0.25, 0.3) is 10.0 Å². The number of hydrogen-bond donors (Lipinski definition) is 1. The zero-order chi connectivity index (χ0) is 21.0. The molecule has 0 radical (unpaired) electrons. The van der Waals surface area contributed by atoms with Gasteiger partial charge in [0.2, 0.25) is 0 Å². The molecule has 0 aliphatic carbocycles. The van der Waals surface area contributed by atoms with Crippen LogP contribution in [0.15, 0.2) is 65.7 Å². The SMILES string of the molecule is COC(=O)N[C@@H](Cc1cn(S(=O)(=O)c2ccccc2)c2ccccc12)C(=O)OC. The predicted octanol–water partition coefficient (Wildman–Crippen LogP) is 2.32. The third-order valence-electron chi connectivity index (χ3n) is 4.45. The number of carbonyl (C=O) groups is 2. The number of hydrogen-bond acceptors (Lipinski definition) is 6. The third kappa shape index (κ3) is 4.09. The minimum Gasteiger partial charge on any atom is -0.467 e. The van der Waals surface area contributed by atoms with Crippen molar-refractivity contribution in [3.8, 4) is 0 Å². The number of ether oxygens (including phenoxy) is 2. The van der Waals surface area contributed by atoms with Crippen LogP contribution in [0.5, 0.6) is 0 Å². The van der Waals surface area contributed by atoms with Crippen LogP contribution >= 0.6 is 0 Å². The lowest BCUT2D eigenvalue weighted by molar-refractivity contribution is -0.142. The van der Waals surface area contributed by atoms with Crippen LogP contribution in [0.1, 0.15) is 5.56 Å². The average molecular weight is 416 g/mol. The van der Waals surface area contributed by atoms with Crippen molar-refractivity contribution in [2.75, 3.05) is 14.2 Å². The minimum absolute atomic E-state index is 0.0274. The standard InChI is InChI=1S/C20H20N2O6S/c1-27-19(23)17(21-20(24)28-2)12-14-13-22(18-11-7-6-10-16(14)18)29(25,26)15-8-4-3-5-9-15/h3-11,13,17H,12H2,1-2H3,(H,21,24)/t17-/m0/s1. The van der Waals surface area contributed by atoms with Crippen molar-refractivity contribution in [1.82, 2.24) is 9.29 Å². The molecular formula is C20H20N2O6S. The molecule has 152 valence electrons. The number of nitrogens with zero attached hydrogens (tertiary/aromatic N) is 1. The monoisotopic (exact) mass is 416 g/mol. The molecule has 0 unspecified atom stereocenters.